The first-order chi connectivity index (χ1) is 13.0. The molecule has 2 aliphatic rings. The Bertz CT molecular complexity index is 630. The molecular formula is C21H33N3O3. The van der Waals surface area contributed by atoms with Crippen LogP contribution in [0.1, 0.15) is 38.7 Å². The molecule has 0 aliphatic carbocycles. The van der Waals surface area contributed by atoms with E-state index in [0.29, 0.717) is 19.6 Å². The fourth-order valence-electron chi connectivity index (χ4n) is 3.95. The Morgan fingerprint density at radius 2 is 1.85 bits per heavy atom. The molecule has 0 bridgehead atoms. The SMILES string of the molecule is CCN(CC)c1ccc(NC(=O)CCN2CCC3(CC2)OCCO3)c(C)c1. The molecule has 1 amide bonds. The van der Waals surface area contributed by atoms with E-state index in [1.54, 1.807) is 0 Å². The zero-order chi connectivity index (χ0) is 19.3. The van der Waals surface area contributed by atoms with E-state index in [1.807, 2.05) is 13.0 Å². The number of anilines is 2. The maximum atomic E-state index is 12.4. The van der Waals surface area contributed by atoms with Crippen LogP contribution in [-0.4, -0.2) is 62.5 Å². The number of benzene rings is 1. The van der Waals surface area contributed by atoms with Gasteiger partial charge in [0.05, 0.1) is 13.2 Å². The molecule has 27 heavy (non-hydrogen) atoms. The van der Waals surface area contributed by atoms with Crippen molar-refractivity contribution in [3.8, 4) is 0 Å². The predicted octanol–water partition coefficient (Wildman–Crippen LogP) is 3.01. The third-order valence-electron chi connectivity index (χ3n) is 5.70. The minimum atomic E-state index is -0.345. The lowest BCUT2D eigenvalue weighted by Crippen LogP contribution is -2.45. The Morgan fingerprint density at radius 3 is 2.44 bits per heavy atom. The number of carbonyl (C=O) groups is 1. The van der Waals surface area contributed by atoms with Crippen LogP contribution in [0.5, 0.6) is 0 Å². The van der Waals surface area contributed by atoms with Gasteiger partial charge in [0.2, 0.25) is 5.91 Å². The summed E-state index contributed by atoms with van der Waals surface area (Å²) in [4.78, 5) is 17.0. The van der Waals surface area contributed by atoms with Gasteiger partial charge in [-0.25, -0.2) is 0 Å². The van der Waals surface area contributed by atoms with Gasteiger partial charge in [-0.05, 0) is 44.5 Å². The third kappa shape index (κ3) is 5.00. The predicted molar refractivity (Wildman–Crippen MR) is 108 cm³/mol. The van der Waals surface area contributed by atoms with Gasteiger partial charge in [-0.1, -0.05) is 0 Å². The van der Waals surface area contributed by atoms with Gasteiger partial charge in [-0.2, -0.15) is 0 Å². The monoisotopic (exact) mass is 375 g/mol. The molecule has 6 nitrogen and oxygen atoms in total. The Kier molecular flexibility index (Phi) is 6.73. The number of hydrogen-bond acceptors (Lipinski definition) is 5. The van der Waals surface area contributed by atoms with Crippen molar-refractivity contribution >= 4 is 17.3 Å². The maximum absolute atomic E-state index is 12.4. The first kappa shape index (κ1) is 20.1. The van der Waals surface area contributed by atoms with Gasteiger partial charge in [0.25, 0.3) is 0 Å². The van der Waals surface area contributed by atoms with E-state index in [2.05, 4.69) is 41.1 Å². The number of nitrogens with zero attached hydrogens (tertiary/aromatic N) is 2. The number of nitrogens with one attached hydrogen (secondary N) is 1. The summed E-state index contributed by atoms with van der Waals surface area (Å²) in [6, 6.07) is 6.25. The number of rotatable bonds is 7. The summed E-state index contributed by atoms with van der Waals surface area (Å²) >= 11 is 0. The standard InChI is InChI=1S/C21H33N3O3/c1-4-24(5-2)18-6-7-19(17(3)16-18)22-20(25)8-11-23-12-9-21(10-13-23)26-14-15-27-21/h6-7,16H,4-5,8-15H2,1-3H3,(H,22,25). The molecule has 0 unspecified atom stereocenters. The molecule has 0 saturated carbocycles. The first-order valence-electron chi connectivity index (χ1n) is 10.2. The number of amides is 1. The van der Waals surface area contributed by atoms with Crippen molar-refractivity contribution in [3.63, 3.8) is 0 Å². The fourth-order valence-corrected chi connectivity index (χ4v) is 3.95. The zero-order valence-electron chi connectivity index (χ0n) is 16.9. The van der Waals surface area contributed by atoms with Crippen molar-refractivity contribution in [1.82, 2.24) is 4.90 Å². The second-order valence-electron chi connectivity index (χ2n) is 7.42. The van der Waals surface area contributed by atoms with Gasteiger partial charge in [-0.15, -0.1) is 0 Å². The number of carbonyl (C=O) groups excluding carboxylic acids is 1. The van der Waals surface area contributed by atoms with Crippen LogP contribution in [-0.2, 0) is 14.3 Å². The molecule has 1 aromatic carbocycles. The van der Waals surface area contributed by atoms with Crippen molar-refractivity contribution in [1.29, 1.82) is 0 Å². The van der Waals surface area contributed by atoms with Crippen molar-refractivity contribution in [2.45, 2.75) is 45.8 Å². The molecule has 0 aromatic heterocycles. The molecule has 0 atom stereocenters. The quantitative estimate of drug-likeness (QED) is 0.794. The van der Waals surface area contributed by atoms with E-state index in [9.17, 15) is 4.79 Å². The highest BCUT2D eigenvalue weighted by molar-refractivity contribution is 5.91. The summed E-state index contributed by atoms with van der Waals surface area (Å²) in [5.74, 6) is -0.273. The number of aryl methyl sites for hydroxylation is 1. The van der Waals surface area contributed by atoms with Crippen molar-refractivity contribution in [3.05, 3.63) is 23.8 Å². The summed E-state index contributed by atoms with van der Waals surface area (Å²) in [5, 5.41) is 3.07. The molecule has 2 heterocycles. The van der Waals surface area contributed by atoms with Crippen LogP contribution in [0, 0.1) is 6.92 Å². The average molecular weight is 376 g/mol. The first-order valence-corrected chi connectivity index (χ1v) is 10.2. The molecule has 2 saturated heterocycles. The van der Waals surface area contributed by atoms with Crippen molar-refractivity contribution in [2.24, 2.45) is 0 Å². The van der Waals surface area contributed by atoms with Gasteiger partial charge in [-0.3, -0.25) is 4.79 Å². The summed E-state index contributed by atoms with van der Waals surface area (Å²) in [6.45, 7) is 12.3. The summed E-state index contributed by atoms with van der Waals surface area (Å²) in [5.41, 5.74) is 3.21. The number of ether oxygens (including phenoxy) is 2. The van der Waals surface area contributed by atoms with Gasteiger partial charge < -0.3 is 24.6 Å². The number of likely N-dealkylation sites (tertiary alicyclic amines) is 1. The lowest BCUT2D eigenvalue weighted by Gasteiger charge is -2.37. The van der Waals surface area contributed by atoms with E-state index in [4.69, 9.17) is 9.47 Å². The van der Waals surface area contributed by atoms with Crippen LogP contribution in [0.25, 0.3) is 0 Å². The fraction of sp³-hybridized carbons (Fsp3) is 0.667. The normalized spacial score (nSPS) is 19.4. The Labute approximate surface area is 162 Å². The third-order valence-corrected chi connectivity index (χ3v) is 5.70. The van der Waals surface area contributed by atoms with Crippen LogP contribution in [0.3, 0.4) is 0 Å². The molecule has 0 radical (unpaired) electrons. The van der Waals surface area contributed by atoms with Crippen molar-refractivity contribution in [2.75, 3.05) is 56.2 Å². The lowest BCUT2D eigenvalue weighted by molar-refractivity contribution is -0.185. The van der Waals surface area contributed by atoms with E-state index in [-0.39, 0.29) is 11.7 Å². The highest BCUT2D eigenvalue weighted by Gasteiger charge is 2.39. The Balaban J connectivity index is 1.45. The lowest BCUT2D eigenvalue weighted by atomic mass is 10.0. The Morgan fingerprint density at radius 1 is 1.19 bits per heavy atom. The van der Waals surface area contributed by atoms with E-state index in [0.717, 1.165) is 56.8 Å². The molecule has 2 aliphatic heterocycles. The molecular weight excluding hydrogens is 342 g/mol. The zero-order valence-corrected chi connectivity index (χ0v) is 16.9. The number of hydrogen-bond donors (Lipinski definition) is 1. The van der Waals surface area contributed by atoms with Gasteiger partial charge in [0, 0.05) is 63.4 Å². The van der Waals surface area contributed by atoms with Gasteiger partial charge >= 0.3 is 0 Å². The molecule has 1 aromatic rings. The van der Waals surface area contributed by atoms with Crippen LogP contribution in [0.4, 0.5) is 11.4 Å². The molecule has 1 N–H and O–H groups in total. The second-order valence-corrected chi connectivity index (χ2v) is 7.42. The summed E-state index contributed by atoms with van der Waals surface area (Å²) in [7, 11) is 0. The number of piperidine rings is 1. The highest BCUT2D eigenvalue weighted by Crippen LogP contribution is 2.31. The largest absolute Gasteiger partial charge is 0.372 e. The van der Waals surface area contributed by atoms with Crippen LogP contribution < -0.4 is 10.2 Å². The summed E-state index contributed by atoms with van der Waals surface area (Å²) < 4.78 is 11.5. The molecule has 3 rings (SSSR count). The molecule has 1 spiro atoms. The van der Waals surface area contributed by atoms with E-state index in [1.165, 1.54) is 5.69 Å². The van der Waals surface area contributed by atoms with Gasteiger partial charge in [0.15, 0.2) is 5.79 Å². The smallest absolute Gasteiger partial charge is 0.225 e. The van der Waals surface area contributed by atoms with Gasteiger partial charge in [0.1, 0.15) is 0 Å². The average Bonchev–Trinajstić information content (AvgIpc) is 3.12. The molecule has 150 valence electrons. The van der Waals surface area contributed by atoms with Crippen LogP contribution >= 0.6 is 0 Å². The van der Waals surface area contributed by atoms with Crippen LogP contribution in [0.2, 0.25) is 0 Å². The van der Waals surface area contributed by atoms with Crippen molar-refractivity contribution < 1.29 is 14.3 Å². The Hall–Kier alpha value is -1.63. The topological polar surface area (TPSA) is 54.0 Å². The van der Waals surface area contributed by atoms with E-state index < -0.39 is 0 Å². The van der Waals surface area contributed by atoms with E-state index >= 15 is 0 Å². The maximum Gasteiger partial charge on any atom is 0.225 e. The molecule has 2 fully saturated rings. The van der Waals surface area contributed by atoms with Crippen LogP contribution in [0.15, 0.2) is 18.2 Å². The molecule has 6 heteroatoms. The summed E-state index contributed by atoms with van der Waals surface area (Å²) in [6.07, 6.45) is 2.28. The minimum absolute atomic E-state index is 0.0716. The highest BCUT2D eigenvalue weighted by atomic mass is 16.7. The minimum Gasteiger partial charge on any atom is -0.372 e. The second kappa shape index (κ2) is 9.04.